The maximum atomic E-state index is 5.67. The second-order valence-corrected chi connectivity index (χ2v) is 3.24. The minimum atomic E-state index is 0.546. The molecule has 0 aliphatic rings. The van der Waals surface area contributed by atoms with E-state index in [2.05, 4.69) is 0 Å². The van der Waals surface area contributed by atoms with Crippen LogP contribution < -0.4 is 4.74 Å². The van der Waals surface area contributed by atoms with Gasteiger partial charge in [-0.25, -0.2) is 0 Å². The largest absolute Gasteiger partial charge is 0.494 e. The molecule has 14 heavy (non-hydrogen) atoms. The lowest BCUT2D eigenvalue weighted by Crippen LogP contribution is -2.01. The van der Waals surface area contributed by atoms with Crippen LogP contribution in [0, 0.1) is 0 Å². The predicted molar refractivity (Wildman–Crippen MR) is 58.0 cm³/mol. The van der Waals surface area contributed by atoms with Crippen molar-refractivity contribution < 1.29 is 9.47 Å². The highest BCUT2D eigenvalue weighted by Crippen LogP contribution is 2.13. The molecule has 0 unspecified atom stereocenters. The molecule has 0 heterocycles. The van der Waals surface area contributed by atoms with Crippen LogP contribution in [0.2, 0.25) is 0 Å². The van der Waals surface area contributed by atoms with Crippen molar-refractivity contribution in [1.82, 2.24) is 0 Å². The van der Waals surface area contributed by atoms with Gasteiger partial charge in [0.1, 0.15) is 5.75 Å². The summed E-state index contributed by atoms with van der Waals surface area (Å²) in [6.45, 7) is 1.42. The third-order valence-electron chi connectivity index (χ3n) is 1.84. The standard InChI is InChI=1S/C11H15ClO2/c1-13-7-2-8-14-11-5-3-10(9-12)4-6-11/h3-6H,2,7-9H2,1H3. The summed E-state index contributed by atoms with van der Waals surface area (Å²) in [6, 6.07) is 7.81. The number of benzene rings is 1. The number of rotatable bonds is 6. The quantitative estimate of drug-likeness (QED) is 0.536. The van der Waals surface area contributed by atoms with Gasteiger partial charge >= 0.3 is 0 Å². The second-order valence-electron chi connectivity index (χ2n) is 2.97. The highest BCUT2D eigenvalue weighted by atomic mass is 35.5. The van der Waals surface area contributed by atoms with E-state index in [0.717, 1.165) is 24.3 Å². The Bertz CT molecular complexity index is 246. The molecule has 0 spiro atoms. The number of hydrogen-bond donors (Lipinski definition) is 0. The van der Waals surface area contributed by atoms with Gasteiger partial charge in [0.05, 0.1) is 6.61 Å². The minimum Gasteiger partial charge on any atom is -0.494 e. The van der Waals surface area contributed by atoms with Crippen LogP contribution in [0.4, 0.5) is 0 Å². The summed E-state index contributed by atoms with van der Waals surface area (Å²) >= 11 is 5.67. The first kappa shape index (κ1) is 11.3. The van der Waals surface area contributed by atoms with Gasteiger partial charge in [-0.1, -0.05) is 12.1 Å². The van der Waals surface area contributed by atoms with Crippen LogP contribution in [0.5, 0.6) is 5.75 Å². The van der Waals surface area contributed by atoms with Crippen LogP contribution in [0.1, 0.15) is 12.0 Å². The molecule has 1 aromatic carbocycles. The fourth-order valence-corrected chi connectivity index (χ4v) is 1.25. The normalized spacial score (nSPS) is 10.1. The van der Waals surface area contributed by atoms with Gasteiger partial charge in [-0.2, -0.15) is 0 Å². The highest BCUT2D eigenvalue weighted by molar-refractivity contribution is 6.17. The summed E-state index contributed by atoms with van der Waals surface area (Å²) < 4.78 is 10.4. The molecule has 0 aromatic heterocycles. The summed E-state index contributed by atoms with van der Waals surface area (Å²) in [6.07, 6.45) is 0.910. The maximum Gasteiger partial charge on any atom is 0.119 e. The molecule has 1 rings (SSSR count). The van der Waals surface area contributed by atoms with E-state index in [0.29, 0.717) is 12.5 Å². The average molecular weight is 215 g/mol. The number of ether oxygens (including phenoxy) is 2. The van der Waals surface area contributed by atoms with Crippen LogP contribution in [0.15, 0.2) is 24.3 Å². The van der Waals surface area contributed by atoms with Crippen LogP contribution >= 0.6 is 11.6 Å². The van der Waals surface area contributed by atoms with E-state index in [1.54, 1.807) is 7.11 Å². The lowest BCUT2D eigenvalue weighted by molar-refractivity contribution is 0.172. The van der Waals surface area contributed by atoms with Crippen molar-refractivity contribution in [2.75, 3.05) is 20.3 Å². The Labute approximate surface area is 89.8 Å². The van der Waals surface area contributed by atoms with Crippen LogP contribution in [0.25, 0.3) is 0 Å². The molecule has 0 atom stereocenters. The Kier molecular flexibility index (Phi) is 5.42. The molecule has 0 fully saturated rings. The average Bonchev–Trinajstić information content (AvgIpc) is 2.25. The Morgan fingerprint density at radius 1 is 1.14 bits per heavy atom. The molecule has 0 amide bonds. The van der Waals surface area contributed by atoms with E-state index in [4.69, 9.17) is 21.1 Å². The Balaban J connectivity index is 2.29. The van der Waals surface area contributed by atoms with E-state index >= 15 is 0 Å². The molecule has 2 nitrogen and oxygen atoms in total. The van der Waals surface area contributed by atoms with Crippen molar-refractivity contribution in [3.8, 4) is 5.75 Å². The molecule has 0 aliphatic carbocycles. The fourth-order valence-electron chi connectivity index (χ4n) is 1.07. The SMILES string of the molecule is COCCCOc1ccc(CCl)cc1. The molecule has 0 bridgehead atoms. The van der Waals surface area contributed by atoms with Gasteiger partial charge in [-0.05, 0) is 17.7 Å². The Morgan fingerprint density at radius 2 is 1.86 bits per heavy atom. The summed E-state index contributed by atoms with van der Waals surface area (Å²) in [5.74, 6) is 1.43. The van der Waals surface area contributed by atoms with Crippen LogP contribution in [-0.4, -0.2) is 20.3 Å². The zero-order chi connectivity index (χ0) is 10.2. The number of halogens is 1. The van der Waals surface area contributed by atoms with Gasteiger partial charge in [0.2, 0.25) is 0 Å². The van der Waals surface area contributed by atoms with E-state index in [1.807, 2.05) is 24.3 Å². The Morgan fingerprint density at radius 3 is 2.43 bits per heavy atom. The zero-order valence-corrected chi connectivity index (χ0v) is 9.09. The third-order valence-corrected chi connectivity index (χ3v) is 2.15. The van der Waals surface area contributed by atoms with Gasteiger partial charge in [0.15, 0.2) is 0 Å². The maximum absolute atomic E-state index is 5.67. The summed E-state index contributed by atoms with van der Waals surface area (Å²) in [5, 5.41) is 0. The number of alkyl halides is 1. The molecule has 0 radical (unpaired) electrons. The molecule has 0 N–H and O–H groups in total. The zero-order valence-electron chi connectivity index (χ0n) is 8.33. The molecular formula is C11H15ClO2. The van der Waals surface area contributed by atoms with Crippen molar-refractivity contribution in [1.29, 1.82) is 0 Å². The van der Waals surface area contributed by atoms with Crippen molar-refractivity contribution in [2.24, 2.45) is 0 Å². The third kappa shape index (κ3) is 3.99. The van der Waals surface area contributed by atoms with Gasteiger partial charge < -0.3 is 9.47 Å². The van der Waals surface area contributed by atoms with E-state index in [-0.39, 0.29) is 0 Å². The first-order valence-electron chi connectivity index (χ1n) is 4.63. The first-order chi connectivity index (χ1) is 6.86. The van der Waals surface area contributed by atoms with Gasteiger partial charge in [-0.15, -0.1) is 11.6 Å². The monoisotopic (exact) mass is 214 g/mol. The molecule has 0 aliphatic heterocycles. The molecule has 0 saturated carbocycles. The van der Waals surface area contributed by atoms with Crippen molar-refractivity contribution in [3.05, 3.63) is 29.8 Å². The first-order valence-corrected chi connectivity index (χ1v) is 5.17. The van der Waals surface area contributed by atoms with Crippen molar-refractivity contribution >= 4 is 11.6 Å². The van der Waals surface area contributed by atoms with Gasteiger partial charge in [0, 0.05) is 26.0 Å². The molecule has 1 aromatic rings. The lowest BCUT2D eigenvalue weighted by atomic mass is 10.2. The molecule has 0 saturated heterocycles. The van der Waals surface area contributed by atoms with Gasteiger partial charge in [0.25, 0.3) is 0 Å². The predicted octanol–water partition coefficient (Wildman–Crippen LogP) is 2.84. The van der Waals surface area contributed by atoms with E-state index in [9.17, 15) is 0 Å². The molecule has 78 valence electrons. The number of methoxy groups -OCH3 is 1. The van der Waals surface area contributed by atoms with Gasteiger partial charge in [-0.3, -0.25) is 0 Å². The fraction of sp³-hybridized carbons (Fsp3) is 0.455. The minimum absolute atomic E-state index is 0.546. The Hall–Kier alpha value is -0.730. The van der Waals surface area contributed by atoms with E-state index in [1.165, 1.54) is 0 Å². The highest BCUT2D eigenvalue weighted by Gasteiger charge is 1.94. The summed E-state index contributed by atoms with van der Waals surface area (Å²) in [7, 11) is 1.69. The second kappa shape index (κ2) is 6.68. The van der Waals surface area contributed by atoms with Crippen LogP contribution in [-0.2, 0) is 10.6 Å². The van der Waals surface area contributed by atoms with Crippen molar-refractivity contribution in [3.63, 3.8) is 0 Å². The molecule has 3 heteroatoms. The van der Waals surface area contributed by atoms with Crippen molar-refractivity contribution in [2.45, 2.75) is 12.3 Å². The smallest absolute Gasteiger partial charge is 0.119 e. The summed E-state index contributed by atoms with van der Waals surface area (Å²) in [5.41, 5.74) is 1.11. The molecular weight excluding hydrogens is 200 g/mol. The summed E-state index contributed by atoms with van der Waals surface area (Å²) in [4.78, 5) is 0. The lowest BCUT2D eigenvalue weighted by Gasteiger charge is -2.05. The van der Waals surface area contributed by atoms with E-state index < -0.39 is 0 Å². The number of hydrogen-bond acceptors (Lipinski definition) is 2. The van der Waals surface area contributed by atoms with Crippen LogP contribution in [0.3, 0.4) is 0 Å². The topological polar surface area (TPSA) is 18.5 Å².